The number of rotatable bonds is 0. The van der Waals surface area contributed by atoms with Crippen LogP contribution in [0, 0.1) is 10.6 Å². The van der Waals surface area contributed by atoms with Crippen molar-refractivity contribution in [2.45, 2.75) is 6.92 Å². The van der Waals surface area contributed by atoms with E-state index in [4.69, 9.17) is 0 Å². The molecule has 0 atom stereocenters. The fraction of sp³-hybridized carbons (Fsp3) is 0.167. The minimum absolute atomic E-state index is 0.757. The van der Waals surface area contributed by atoms with Crippen LogP contribution >= 0.6 is 34.1 Å². The summed E-state index contributed by atoms with van der Waals surface area (Å²) in [4.78, 5) is 9.57. The lowest BCUT2D eigenvalue weighted by Crippen LogP contribution is -1.84. The predicted octanol–water partition coefficient (Wildman–Crippen LogP) is 2.00. The maximum absolute atomic E-state index is 4.31. The SMILES string of the molecule is Cc1snc2ncc(I)nc12. The Bertz CT molecular complexity index is 398. The highest BCUT2D eigenvalue weighted by molar-refractivity contribution is 14.1. The molecule has 56 valence electrons. The fourth-order valence-electron chi connectivity index (χ4n) is 0.819. The highest BCUT2D eigenvalue weighted by Gasteiger charge is 2.03. The number of fused-ring (bicyclic) bond motifs is 1. The van der Waals surface area contributed by atoms with Gasteiger partial charge in [-0.15, -0.1) is 0 Å². The highest BCUT2D eigenvalue weighted by atomic mass is 127. The summed E-state index contributed by atoms with van der Waals surface area (Å²) in [6.07, 6.45) is 1.72. The summed E-state index contributed by atoms with van der Waals surface area (Å²) in [7, 11) is 0. The Kier molecular flexibility index (Phi) is 1.76. The lowest BCUT2D eigenvalue weighted by Gasteiger charge is -1.88. The van der Waals surface area contributed by atoms with E-state index in [2.05, 4.69) is 36.9 Å². The molecule has 5 heteroatoms. The van der Waals surface area contributed by atoms with Crippen LogP contribution in [0.15, 0.2) is 6.20 Å². The molecular formula is C6H4IN3S. The van der Waals surface area contributed by atoms with E-state index in [-0.39, 0.29) is 0 Å². The minimum Gasteiger partial charge on any atom is -0.236 e. The second kappa shape index (κ2) is 2.63. The zero-order valence-electron chi connectivity index (χ0n) is 5.71. The number of nitrogens with zero attached hydrogens (tertiary/aromatic N) is 3. The molecule has 11 heavy (non-hydrogen) atoms. The molecule has 2 heterocycles. The number of aryl methyl sites for hydroxylation is 1. The zero-order valence-corrected chi connectivity index (χ0v) is 8.68. The van der Waals surface area contributed by atoms with Gasteiger partial charge in [-0.05, 0) is 41.0 Å². The molecule has 2 aromatic heterocycles. The maximum atomic E-state index is 4.31. The molecule has 3 nitrogen and oxygen atoms in total. The van der Waals surface area contributed by atoms with Crippen LogP contribution in [0.4, 0.5) is 0 Å². The number of aromatic nitrogens is 3. The van der Waals surface area contributed by atoms with Gasteiger partial charge in [-0.1, -0.05) is 0 Å². The lowest BCUT2D eigenvalue weighted by molar-refractivity contribution is 1.23. The molecule has 2 rings (SSSR count). The highest BCUT2D eigenvalue weighted by Crippen LogP contribution is 2.17. The molecule has 0 radical (unpaired) electrons. The van der Waals surface area contributed by atoms with Crippen molar-refractivity contribution in [3.05, 3.63) is 14.8 Å². The van der Waals surface area contributed by atoms with E-state index in [9.17, 15) is 0 Å². The first kappa shape index (κ1) is 7.35. The minimum atomic E-state index is 0.757. The number of halogens is 1. The average Bonchev–Trinajstić information content (AvgIpc) is 2.33. The number of hydrogen-bond acceptors (Lipinski definition) is 4. The van der Waals surface area contributed by atoms with E-state index in [1.807, 2.05) is 6.92 Å². The van der Waals surface area contributed by atoms with Gasteiger partial charge in [-0.2, -0.15) is 4.37 Å². The van der Waals surface area contributed by atoms with E-state index < -0.39 is 0 Å². The topological polar surface area (TPSA) is 38.7 Å². The van der Waals surface area contributed by atoms with Crippen molar-refractivity contribution in [2.24, 2.45) is 0 Å². The monoisotopic (exact) mass is 277 g/mol. The van der Waals surface area contributed by atoms with Gasteiger partial charge in [0.2, 0.25) is 0 Å². The molecule has 0 aliphatic rings. The summed E-state index contributed by atoms with van der Waals surface area (Å²) < 4.78 is 5.04. The summed E-state index contributed by atoms with van der Waals surface area (Å²) in [5.41, 5.74) is 1.69. The van der Waals surface area contributed by atoms with E-state index in [1.54, 1.807) is 6.20 Å². The van der Waals surface area contributed by atoms with E-state index in [0.717, 1.165) is 19.7 Å². The fourth-order valence-corrected chi connectivity index (χ4v) is 1.78. The summed E-state index contributed by atoms with van der Waals surface area (Å²) >= 11 is 3.59. The molecule has 0 bridgehead atoms. The molecule has 0 N–H and O–H groups in total. The van der Waals surface area contributed by atoms with Gasteiger partial charge in [0.05, 0.1) is 11.1 Å². The predicted molar refractivity (Wildman–Crippen MR) is 52.7 cm³/mol. The molecule has 0 fully saturated rings. The third-order valence-corrected chi connectivity index (χ3v) is 2.58. The molecular weight excluding hydrogens is 273 g/mol. The Hall–Kier alpha value is -0.300. The van der Waals surface area contributed by atoms with Gasteiger partial charge >= 0.3 is 0 Å². The molecule has 0 amide bonds. The Morgan fingerprint density at radius 3 is 3.18 bits per heavy atom. The normalized spacial score (nSPS) is 10.7. The third-order valence-electron chi connectivity index (χ3n) is 1.33. The Labute approximate surface area is 81.2 Å². The first-order chi connectivity index (χ1) is 5.27. The largest absolute Gasteiger partial charge is 0.236 e. The van der Waals surface area contributed by atoms with Crippen molar-refractivity contribution in [1.29, 1.82) is 0 Å². The molecule has 0 aliphatic carbocycles. The molecule has 0 saturated heterocycles. The van der Waals surface area contributed by atoms with E-state index >= 15 is 0 Å². The molecule has 0 saturated carbocycles. The van der Waals surface area contributed by atoms with Crippen molar-refractivity contribution >= 4 is 45.3 Å². The third kappa shape index (κ3) is 1.22. The van der Waals surface area contributed by atoms with Crippen molar-refractivity contribution in [3.63, 3.8) is 0 Å². The van der Waals surface area contributed by atoms with Crippen molar-refractivity contribution < 1.29 is 0 Å². The molecule has 0 aliphatic heterocycles. The van der Waals surface area contributed by atoms with Gasteiger partial charge < -0.3 is 0 Å². The van der Waals surface area contributed by atoms with Crippen molar-refractivity contribution in [2.75, 3.05) is 0 Å². The van der Waals surface area contributed by atoms with Crippen LogP contribution in [-0.2, 0) is 0 Å². The number of hydrogen-bond donors (Lipinski definition) is 0. The Balaban J connectivity index is 2.87. The Morgan fingerprint density at radius 2 is 2.36 bits per heavy atom. The van der Waals surface area contributed by atoms with E-state index in [0.29, 0.717) is 0 Å². The van der Waals surface area contributed by atoms with E-state index in [1.165, 1.54) is 11.5 Å². The van der Waals surface area contributed by atoms with Crippen LogP contribution in [0.5, 0.6) is 0 Å². The van der Waals surface area contributed by atoms with Crippen LogP contribution in [0.1, 0.15) is 4.88 Å². The van der Waals surface area contributed by atoms with Gasteiger partial charge in [-0.25, -0.2) is 9.97 Å². The van der Waals surface area contributed by atoms with Crippen molar-refractivity contribution in [3.8, 4) is 0 Å². The zero-order chi connectivity index (χ0) is 7.84. The van der Waals surface area contributed by atoms with Crippen LogP contribution in [0.2, 0.25) is 0 Å². The summed E-state index contributed by atoms with van der Waals surface area (Å²) in [5.74, 6) is 0. The second-order valence-electron chi connectivity index (χ2n) is 2.10. The van der Waals surface area contributed by atoms with Crippen LogP contribution in [0.3, 0.4) is 0 Å². The first-order valence-electron chi connectivity index (χ1n) is 3.02. The summed E-state index contributed by atoms with van der Waals surface area (Å²) in [5, 5.41) is 0. The first-order valence-corrected chi connectivity index (χ1v) is 4.87. The second-order valence-corrected chi connectivity index (χ2v) is 4.19. The molecule has 0 unspecified atom stereocenters. The maximum Gasteiger partial charge on any atom is 0.191 e. The molecule has 0 aromatic carbocycles. The molecule has 0 spiro atoms. The summed E-state index contributed by atoms with van der Waals surface area (Å²) in [6.45, 7) is 2.00. The van der Waals surface area contributed by atoms with Crippen molar-refractivity contribution in [1.82, 2.24) is 14.3 Å². The lowest BCUT2D eigenvalue weighted by atomic mass is 10.4. The van der Waals surface area contributed by atoms with Gasteiger partial charge in [0.1, 0.15) is 9.22 Å². The smallest absolute Gasteiger partial charge is 0.191 e. The van der Waals surface area contributed by atoms with Crippen LogP contribution < -0.4 is 0 Å². The molecule has 2 aromatic rings. The van der Waals surface area contributed by atoms with Gasteiger partial charge in [0.15, 0.2) is 5.65 Å². The van der Waals surface area contributed by atoms with Gasteiger partial charge in [-0.3, -0.25) is 0 Å². The standard InChI is InChI=1S/C6H4IN3S/c1-3-5-6(10-11-3)8-2-4(7)9-5/h2H,1H3. The van der Waals surface area contributed by atoms with Gasteiger partial charge in [0, 0.05) is 0 Å². The quantitative estimate of drug-likeness (QED) is 0.691. The van der Waals surface area contributed by atoms with Gasteiger partial charge in [0.25, 0.3) is 0 Å². The summed E-state index contributed by atoms with van der Waals surface area (Å²) in [6, 6.07) is 0. The van der Waals surface area contributed by atoms with Crippen LogP contribution in [-0.4, -0.2) is 14.3 Å². The van der Waals surface area contributed by atoms with Crippen LogP contribution in [0.25, 0.3) is 11.2 Å². The Morgan fingerprint density at radius 1 is 1.55 bits per heavy atom. The average molecular weight is 277 g/mol.